The first-order valence-corrected chi connectivity index (χ1v) is 17.7. The zero-order chi connectivity index (χ0) is 28.2. The van der Waals surface area contributed by atoms with Crippen molar-refractivity contribution in [1.29, 1.82) is 0 Å². The SMILES string of the molecule is CCCCCCCCCCCCCCC(=O)NC1CCC(NC(=O)CCCCCCCCCCCCCC)C1. The van der Waals surface area contributed by atoms with Gasteiger partial charge in [0.05, 0.1) is 0 Å². The topological polar surface area (TPSA) is 58.2 Å². The lowest BCUT2D eigenvalue weighted by molar-refractivity contribution is -0.122. The van der Waals surface area contributed by atoms with E-state index in [-0.39, 0.29) is 23.9 Å². The predicted molar refractivity (Wildman–Crippen MR) is 169 cm³/mol. The van der Waals surface area contributed by atoms with Crippen LogP contribution in [0.3, 0.4) is 0 Å². The number of carbonyl (C=O) groups is 2. The lowest BCUT2D eigenvalue weighted by atomic mass is 10.0. The molecule has 1 saturated carbocycles. The van der Waals surface area contributed by atoms with Gasteiger partial charge < -0.3 is 10.6 Å². The third-order valence-electron chi connectivity index (χ3n) is 8.68. The molecule has 0 aromatic rings. The largest absolute Gasteiger partial charge is 0.353 e. The predicted octanol–water partition coefficient (Wildman–Crippen LogP) is 10.3. The second-order valence-electron chi connectivity index (χ2n) is 12.6. The maximum Gasteiger partial charge on any atom is 0.220 e. The summed E-state index contributed by atoms with van der Waals surface area (Å²) in [5.74, 6) is 0.408. The zero-order valence-electron chi connectivity index (χ0n) is 26.5. The second kappa shape index (κ2) is 27.1. The first-order chi connectivity index (χ1) is 19.2. The molecule has 4 nitrogen and oxygen atoms in total. The maximum absolute atomic E-state index is 12.4. The first kappa shape index (κ1) is 36.0. The van der Waals surface area contributed by atoms with E-state index in [0.717, 1.165) is 32.1 Å². The minimum Gasteiger partial charge on any atom is -0.353 e. The zero-order valence-corrected chi connectivity index (χ0v) is 26.5. The van der Waals surface area contributed by atoms with Crippen LogP contribution in [0.25, 0.3) is 0 Å². The summed E-state index contributed by atoms with van der Waals surface area (Å²) in [7, 11) is 0. The average molecular weight is 549 g/mol. The van der Waals surface area contributed by atoms with Crippen molar-refractivity contribution in [2.75, 3.05) is 0 Å². The lowest BCUT2D eigenvalue weighted by Crippen LogP contribution is -2.37. The Hall–Kier alpha value is -1.06. The van der Waals surface area contributed by atoms with Gasteiger partial charge in [0.15, 0.2) is 0 Å². The molecule has 1 rings (SSSR count). The summed E-state index contributed by atoms with van der Waals surface area (Å²) in [5.41, 5.74) is 0. The van der Waals surface area contributed by atoms with Gasteiger partial charge >= 0.3 is 0 Å². The molecule has 1 fully saturated rings. The summed E-state index contributed by atoms with van der Waals surface area (Å²) in [4.78, 5) is 24.7. The lowest BCUT2D eigenvalue weighted by Gasteiger charge is -2.15. The van der Waals surface area contributed by atoms with Gasteiger partial charge in [0.25, 0.3) is 0 Å². The monoisotopic (exact) mass is 549 g/mol. The standard InChI is InChI=1S/C35H68N2O2/c1-3-5-7-9-11-13-15-17-19-21-23-25-27-34(38)36-32-29-30-33(31-32)37-35(39)28-26-24-22-20-18-16-14-12-10-8-6-4-2/h32-33H,3-31H2,1-2H3,(H,36,38)(H,37,39). The van der Waals surface area contributed by atoms with E-state index in [1.54, 1.807) is 0 Å². The maximum atomic E-state index is 12.4. The van der Waals surface area contributed by atoms with Crippen LogP contribution in [0.4, 0.5) is 0 Å². The molecule has 0 spiro atoms. The van der Waals surface area contributed by atoms with E-state index in [2.05, 4.69) is 24.5 Å². The molecule has 39 heavy (non-hydrogen) atoms. The fraction of sp³-hybridized carbons (Fsp3) is 0.943. The van der Waals surface area contributed by atoms with Gasteiger partial charge in [-0.3, -0.25) is 9.59 Å². The van der Waals surface area contributed by atoms with E-state index in [1.165, 1.54) is 141 Å². The molecule has 1 aliphatic carbocycles. The molecule has 4 heteroatoms. The average Bonchev–Trinajstić information content (AvgIpc) is 3.36. The molecule has 0 bridgehead atoms. The number of unbranched alkanes of at least 4 members (excludes halogenated alkanes) is 22. The minimum atomic E-state index is 0.204. The highest BCUT2D eigenvalue weighted by atomic mass is 16.2. The minimum absolute atomic E-state index is 0.204. The third kappa shape index (κ3) is 23.4. The van der Waals surface area contributed by atoms with Gasteiger partial charge in [0.1, 0.15) is 0 Å². The number of nitrogens with one attached hydrogen (secondary N) is 2. The van der Waals surface area contributed by atoms with Crippen LogP contribution in [0.5, 0.6) is 0 Å². The molecule has 0 aromatic heterocycles. The van der Waals surface area contributed by atoms with Gasteiger partial charge in [-0.1, -0.05) is 155 Å². The van der Waals surface area contributed by atoms with Crippen LogP contribution in [-0.2, 0) is 9.59 Å². The summed E-state index contributed by atoms with van der Waals surface area (Å²) >= 11 is 0. The third-order valence-corrected chi connectivity index (χ3v) is 8.68. The van der Waals surface area contributed by atoms with Gasteiger partial charge in [-0.2, -0.15) is 0 Å². The highest BCUT2D eigenvalue weighted by Crippen LogP contribution is 2.20. The molecular formula is C35H68N2O2. The van der Waals surface area contributed by atoms with E-state index < -0.39 is 0 Å². The Kier molecular flexibility index (Phi) is 25.0. The van der Waals surface area contributed by atoms with Crippen LogP contribution in [0, 0.1) is 0 Å². The highest BCUT2D eigenvalue weighted by molar-refractivity contribution is 5.77. The van der Waals surface area contributed by atoms with Gasteiger partial charge in [0, 0.05) is 24.9 Å². The van der Waals surface area contributed by atoms with E-state index in [1.807, 2.05) is 0 Å². The summed E-state index contributed by atoms with van der Waals surface area (Å²) in [5, 5.41) is 6.45. The number of rotatable bonds is 28. The van der Waals surface area contributed by atoms with Crippen molar-refractivity contribution >= 4 is 11.8 Å². The first-order valence-electron chi connectivity index (χ1n) is 17.7. The smallest absolute Gasteiger partial charge is 0.220 e. The molecule has 0 heterocycles. The van der Waals surface area contributed by atoms with Crippen LogP contribution in [0.15, 0.2) is 0 Å². The molecular weight excluding hydrogens is 480 g/mol. The van der Waals surface area contributed by atoms with Crippen molar-refractivity contribution in [2.24, 2.45) is 0 Å². The van der Waals surface area contributed by atoms with Gasteiger partial charge in [-0.25, -0.2) is 0 Å². The summed E-state index contributed by atoms with van der Waals surface area (Å²) in [6.07, 6.45) is 35.9. The van der Waals surface area contributed by atoms with E-state index >= 15 is 0 Å². The van der Waals surface area contributed by atoms with Crippen molar-refractivity contribution < 1.29 is 9.59 Å². The van der Waals surface area contributed by atoms with Crippen LogP contribution in [0.1, 0.15) is 200 Å². The van der Waals surface area contributed by atoms with E-state index in [4.69, 9.17) is 0 Å². The summed E-state index contributed by atoms with van der Waals surface area (Å²) in [6.45, 7) is 4.55. The molecule has 0 aromatic carbocycles. The van der Waals surface area contributed by atoms with Crippen molar-refractivity contribution in [2.45, 2.75) is 212 Å². The van der Waals surface area contributed by atoms with Gasteiger partial charge in [-0.05, 0) is 32.1 Å². The fourth-order valence-corrected chi connectivity index (χ4v) is 6.10. The molecule has 2 atom stereocenters. The van der Waals surface area contributed by atoms with Crippen molar-refractivity contribution in [3.63, 3.8) is 0 Å². The molecule has 230 valence electrons. The molecule has 2 unspecified atom stereocenters. The Labute approximate surface area is 244 Å². The van der Waals surface area contributed by atoms with Crippen molar-refractivity contribution in [3.05, 3.63) is 0 Å². The molecule has 0 radical (unpaired) electrons. The van der Waals surface area contributed by atoms with Crippen molar-refractivity contribution in [3.8, 4) is 0 Å². The normalized spacial score (nSPS) is 17.0. The Bertz CT molecular complexity index is 517. The summed E-state index contributed by atoms with van der Waals surface area (Å²) in [6, 6.07) is 0.485. The molecule has 0 saturated heterocycles. The van der Waals surface area contributed by atoms with Gasteiger partial charge in [0.2, 0.25) is 11.8 Å². The van der Waals surface area contributed by atoms with Crippen LogP contribution in [-0.4, -0.2) is 23.9 Å². The molecule has 1 aliphatic rings. The Morgan fingerprint density at radius 3 is 0.974 bits per heavy atom. The molecule has 2 N–H and O–H groups in total. The second-order valence-corrected chi connectivity index (χ2v) is 12.6. The fourth-order valence-electron chi connectivity index (χ4n) is 6.10. The van der Waals surface area contributed by atoms with E-state index in [0.29, 0.717) is 12.8 Å². The molecule has 0 aliphatic heterocycles. The highest BCUT2D eigenvalue weighted by Gasteiger charge is 2.26. The Balaban J connectivity index is 1.89. The Morgan fingerprint density at radius 2 is 0.692 bits per heavy atom. The molecule has 2 amide bonds. The Morgan fingerprint density at radius 1 is 0.436 bits per heavy atom. The number of carbonyl (C=O) groups excluding carboxylic acids is 2. The van der Waals surface area contributed by atoms with Crippen LogP contribution < -0.4 is 10.6 Å². The van der Waals surface area contributed by atoms with E-state index in [9.17, 15) is 9.59 Å². The number of amides is 2. The van der Waals surface area contributed by atoms with Crippen LogP contribution >= 0.6 is 0 Å². The quantitative estimate of drug-likeness (QED) is 0.0955. The van der Waals surface area contributed by atoms with Crippen LogP contribution in [0.2, 0.25) is 0 Å². The summed E-state index contributed by atoms with van der Waals surface area (Å²) < 4.78 is 0. The van der Waals surface area contributed by atoms with Gasteiger partial charge in [-0.15, -0.1) is 0 Å². The van der Waals surface area contributed by atoms with Crippen molar-refractivity contribution in [1.82, 2.24) is 10.6 Å². The number of hydrogen-bond acceptors (Lipinski definition) is 2. The number of hydrogen-bond donors (Lipinski definition) is 2.